The van der Waals surface area contributed by atoms with Crippen molar-refractivity contribution in [1.29, 1.82) is 0 Å². The summed E-state index contributed by atoms with van der Waals surface area (Å²) < 4.78 is 25.5. The van der Waals surface area contributed by atoms with Gasteiger partial charge in [-0.2, -0.15) is 0 Å². The fourth-order valence-electron chi connectivity index (χ4n) is 8.18. The zero-order valence-electron chi connectivity index (χ0n) is 33.6. The number of carbonyl (C=O) groups excluding carboxylic acids is 2. The van der Waals surface area contributed by atoms with Gasteiger partial charge in [0.2, 0.25) is 0 Å². The zero-order valence-corrected chi connectivity index (χ0v) is 33.6. The lowest BCUT2D eigenvalue weighted by molar-refractivity contribution is -0.251. The Bertz CT molecular complexity index is 2290. The Morgan fingerprint density at radius 2 is 1.70 bits per heavy atom. The van der Waals surface area contributed by atoms with E-state index in [1.54, 1.807) is 57.4 Å². The van der Waals surface area contributed by atoms with Gasteiger partial charge in [-0.3, -0.25) is 9.20 Å². The molecule has 5 aliphatic heterocycles. The highest BCUT2D eigenvalue weighted by Crippen LogP contribution is 2.51. The third kappa shape index (κ3) is 6.80. The number of fused-ring (bicyclic) bond motifs is 1. The number of ether oxygens (including phenoxy) is 4. The number of methoxy groups -OCH3 is 1. The number of esters is 1. The molecule has 0 spiro atoms. The lowest BCUT2D eigenvalue weighted by Gasteiger charge is -2.54. The van der Waals surface area contributed by atoms with Crippen LogP contribution in [0, 0.1) is 37.5 Å². The summed E-state index contributed by atoms with van der Waals surface area (Å²) in [6, 6.07) is 3.66. The number of aromatic nitrogens is 2. The number of aliphatic hydroxyl groups is 2. The molecule has 1 saturated heterocycles. The molecule has 0 saturated carbocycles. The molecule has 300 valence electrons. The number of hydrogen-bond acceptors (Lipinski definition) is 11. The topological polar surface area (TPSA) is 181 Å². The molecule has 5 aliphatic rings. The van der Waals surface area contributed by atoms with Crippen molar-refractivity contribution in [2.75, 3.05) is 19.0 Å². The average molecular weight is 772 g/mol. The summed E-state index contributed by atoms with van der Waals surface area (Å²) in [5.74, 6) is -3.69. The van der Waals surface area contributed by atoms with E-state index in [1.807, 2.05) is 45.9 Å². The van der Waals surface area contributed by atoms with E-state index in [0.717, 1.165) is 11.8 Å². The number of hydrogen-bond donors (Lipinski definition) is 5. The van der Waals surface area contributed by atoms with Gasteiger partial charge in [0.15, 0.2) is 5.75 Å². The molecule has 13 nitrogen and oxygen atoms in total. The van der Waals surface area contributed by atoms with E-state index in [4.69, 9.17) is 23.9 Å². The number of rotatable bonds is 3. The Morgan fingerprint density at radius 1 is 1.00 bits per heavy atom. The second-order valence-electron chi connectivity index (χ2n) is 15.5. The van der Waals surface area contributed by atoms with Gasteiger partial charge in [-0.05, 0) is 58.4 Å². The molecule has 5 N–H and O–H groups in total. The van der Waals surface area contributed by atoms with E-state index < -0.39 is 53.4 Å². The molecule has 7 heterocycles. The molecule has 56 heavy (non-hydrogen) atoms. The van der Waals surface area contributed by atoms with Gasteiger partial charge >= 0.3 is 5.97 Å². The number of phenols is 2. The fourth-order valence-corrected chi connectivity index (χ4v) is 8.18. The van der Waals surface area contributed by atoms with Gasteiger partial charge in [0.1, 0.15) is 39.4 Å². The summed E-state index contributed by atoms with van der Waals surface area (Å²) in [6.07, 6.45) is 6.70. The number of benzene rings is 2. The Morgan fingerprint density at radius 3 is 2.36 bits per heavy atom. The molecule has 2 aromatic heterocycles. The van der Waals surface area contributed by atoms with Crippen LogP contribution in [0.5, 0.6) is 17.2 Å². The van der Waals surface area contributed by atoms with Crippen LogP contribution in [0.1, 0.15) is 70.0 Å². The molecule has 0 unspecified atom stereocenters. The summed E-state index contributed by atoms with van der Waals surface area (Å²) in [5, 5.41) is 49.5. The number of carbonyl (C=O) groups is 2. The molecule has 0 radical (unpaired) electrons. The highest BCUT2D eigenvalue weighted by molar-refractivity contribution is 6.26. The average Bonchev–Trinajstić information content (AvgIpc) is 3.55. The molecule has 13 heteroatoms. The summed E-state index contributed by atoms with van der Waals surface area (Å²) in [4.78, 5) is 33.0. The van der Waals surface area contributed by atoms with Crippen LogP contribution in [0.3, 0.4) is 0 Å². The van der Waals surface area contributed by atoms with Gasteiger partial charge in [-0.15, -0.1) is 0 Å². The van der Waals surface area contributed by atoms with Crippen molar-refractivity contribution in [2.24, 2.45) is 23.7 Å². The number of pyridine rings is 1. The summed E-state index contributed by atoms with van der Waals surface area (Å²) in [6.45, 7) is 16.4. The normalized spacial score (nSPS) is 31.4. The van der Waals surface area contributed by atoms with Crippen molar-refractivity contribution in [3.8, 4) is 17.2 Å². The van der Waals surface area contributed by atoms with Gasteiger partial charge in [-0.1, -0.05) is 45.9 Å². The molecule has 9 atom stereocenters. The van der Waals surface area contributed by atoms with E-state index >= 15 is 0 Å². The van der Waals surface area contributed by atoms with E-state index in [9.17, 15) is 30.0 Å². The highest BCUT2D eigenvalue weighted by Gasteiger charge is 2.52. The molecule has 0 aliphatic carbocycles. The second-order valence-corrected chi connectivity index (χ2v) is 15.5. The Hall–Kier alpha value is -4.95. The minimum absolute atomic E-state index is 0.00605. The summed E-state index contributed by atoms with van der Waals surface area (Å²) >= 11 is 0. The van der Waals surface area contributed by atoms with Crippen molar-refractivity contribution >= 4 is 45.0 Å². The highest BCUT2D eigenvalue weighted by atomic mass is 16.5. The number of phenolic OH excluding ortho intramolecular Hbond substituents is 2. The number of aromatic hydroxyl groups is 2. The van der Waals surface area contributed by atoms with Crippen molar-refractivity contribution in [3.63, 3.8) is 0 Å². The quantitative estimate of drug-likeness (QED) is 0.111. The number of amides is 1. The Balaban J connectivity index is 1.59. The van der Waals surface area contributed by atoms with Crippen LogP contribution in [0.4, 0.5) is 5.69 Å². The number of nitrogens with one attached hydrogen (secondary N) is 1. The largest absolute Gasteiger partial charge is 0.507 e. The molecular weight excluding hydrogens is 718 g/mol. The van der Waals surface area contributed by atoms with Crippen LogP contribution in [0.2, 0.25) is 0 Å². The third-order valence-corrected chi connectivity index (χ3v) is 11.9. The first-order valence-corrected chi connectivity index (χ1v) is 19.0. The zero-order chi connectivity index (χ0) is 41.0. The van der Waals surface area contributed by atoms with Crippen LogP contribution in [-0.4, -0.2) is 85.4 Å². The van der Waals surface area contributed by atoms with Crippen molar-refractivity contribution in [2.45, 2.75) is 92.3 Å². The minimum atomic E-state index is -1.01. The number of aryl methyl sites for hydroxylation is 1. The summed E-state index contributed by atoms with van der Waals surface area (Å²) in [7, 11) is 1.47. The van der Waals surface area contributed by atoms with Gasteiger partial charge in [0.25, 0.3) is 5.91 Å². The first-order valence-electron chi connectivity index (χ1n) is 19.0. The van der Waals surface area contributed by atoms with E-state index in [1.165, 1.54) is 13.2 Å². The Labute approximate surface area is 326 Å². The maximum atomic E-state index is 14.3. The predicted molar refractivity (Wildman–Crippen MR) is 213 cm³/mol. The SMILES string of the molecule is CCOc1c(C)c(O)c2c(O)c3c4c(nc5cc(C)ccn54)c2c1C(=O)O/C=C/[C@H](OC)[C@@H](C)[C@@H](O)[C@H](C)[C@H](O)[C@H](C)[C@H]1O[C@@](C)(/C=C/C=C(/C)C(=O)N3)[C@@H]1C. The van der Waals surface area contributed by atoms with Crippen molar-refractivity contribution in [3.05, 3.63) is 71.2 Å². The maximum absolute atomic E-state index is 14.3. The smallest absolute Gasteiger partial charge is 0.347 e. The fraction of sp³-hybridized carbons (Fsp3) is 0.465. The van der Waals surface area contributed by atoms with Gasteiger partial charge in [0, 0.05) is 53.5 Å². The monoisotopic (exact) mass is 771 g/mol. The number of nitrogens with zero attached hydrogens (tertiary/aromatic N) is 2. The molecule has 2 aromatic carbocycles. The van der Waals surface area contributed by atoms with Crippen molar-refractivity contribution < 1.29 is 49.0 Å². The minimum Gasteiger partial charge on any atom is -0.507 e. The van der Waals surface area contributed by atoms with E-state index in [2.05, 4.69) is 5.32 Å². The van der Waals surface area contributed by atoms with E-state index in [-0.39, 0.29) is 74.7 Å². The van der Waals surface area contributed by atoms with Crippen LogP contribution in [-0.2, 0) is 19.0 Å². The maximum Gasteiger partial charge on any atom is 0.347 e. The van der Waals surface area contributed by atoms with E-state index in [0.29, 0.717) is 11.2 Å². The molecule has 9 rings (SSSR count). The predicted octanol–water partition coefficient (Wildman–Crippen LogP) is 6.63. The summed E-state index contributed by atoms with van der Waals surface area (Å²) in [5.41, 5.74) is 1.46. The Kier molecular flexibility index (Phi) is 11.3. The van der Waals surface area contributed by atoms with Gasteiger partial charge in [-0.25, -0.2) is 9.78 Å². The van der Waals surface area contributed by atoms with Gasteiger partial charge < -0.3 is 44.7 Å². The van der Waals surface area contributed by atoms with Crippen LogP contribution in [0.15, 0.2) is 54.5 Å². The van der Waals surface area contributed by atoms with Crippen LogP contribution < -0.4 is 10.1 Å². The molecule has 1 fully saturated rings. The number of imidazole rings is 1. The van der Waals surface area contributed by atoms with Crippen LogP contribution in [0.25, 0.3) is 27.5 Å². The molecule has 6 bridgehead atoms. The first kappa shape index (κ1) is 40.7. The standard InChI is InChI=1S/C43H53N3O10/c1-11-54-40-25(7)37(49)30-29-31(40)42(52)55-18-15-27(53-10)22(4)35(47)23(5)36(48)24(6)39-26(8)43(9,56-39)16-12-13-21(3)41(51)45-33(38(30)50)34-32(29)44-28-19-20(2)14-17-46(28)34/h12-19,22-24,26-27,35-36,39,47-50H,11H2,1-10H3,(H,45,51)/b16-12+,18-15+,21-13-/t22-,23+,24+,26-,27+,35-,36+,39-,43+/m1/s1. The van der Waals surface area contributed by atoms with Crippen LogP contribution >= 0.6 is 0 Å². The second kappa shape index (κ2) is 15.5. The first-order chi connectivity index (χ1) is 26.5. The van der Waals surface area contributed by atoms with Gasteiger partial charge in [0.05, 0.1) is 48.3 Å². The molecular formula is C43H53N3O10. The molecule has 1 amide bonds. The molecule has 4 aromatic rings. The van der Waals surface area contributed by atoms with Crippen molar-refractivity contribution in [1.82, 2.24) is 9.38 Å². The lowest BCUT2D eigenvalue weighted by Crippen LogP contribution is -2.60. The number of aliphatic hydroxyl groups excluding tert-OH is 2. The lowest BCUT2D eigenvalue weighted by atomic mass is 9.70. The number of allylic oxidation sites excluding steroid dienone is 2. The third-order valence-electron chi connectivity index (χ3n) is 11.9. The number of anilines is 1.